The lowest BCUT2D eigenvalue weighted by atomic mass is 10.1. The molecule has 0 saturated carbocycles. The molecule has 0 N–H and O–H groups in total. The van der Waals surface area contributed by atoms with E-state index in [0.29, 0.717) is 15.6 Å². The van der Waals surface area contributed by atoms with Crippen molar-refractivity contribution in [2.24, 2.45) is 0 Å². The van der Waals surface area contributed by atoms with Crippen LogP contribution in [-0.2, 0) is 9.53 Å². The molecule has 6 nitrogen and oxygen atoms in total. The number of carbonyl (C=O) groups excluding carboxylic acids is 3. The van der Waals surface area contributed by atoms with E-state index < -0.39 is 29.9 Å². The van der Waals surface area contributed by atoms with E-state index in [-0.39, 0.29) is 12.2 Å². The maximum atomic E-state index is 13.4. The molecule has 0 atom stereocenters. The molecule has 8 heteroatoms. The zero-order chi connectivity index (χ0) is 22.5. The predicted molar refractivity (Wildman–Crippen MR) is 116 cm³/mol. The lowest BCUT2D eigenvalue weighted by Crippen LogP contribution is -2.59. The highest BCUT2D eigenvalue weighted by atomic mass is 35.5. The number of halogens is 2. The van der Waals surface area contributed by atoms with Crippen LogP contribution in [-0.4, -0.2) is 46.5 Å². The van der Waals surface area contributed by atoms with Gasteiger partial charge in [0.2, 0.25) is 0 Å². The first kappa shape index (κ1) is 23.7. The first-order valence-corrected chi connectivity index (χ1v) is 10.1. The Hall–Kier alpha value is -2.57. The fraction of sp³-hybridized carbons (Fsp3) is 0.318. The number of nitrogens with zero attached hydrogens (tertiary/aromatic N) is 2. The van der Waals surface area contributed by atoms with E-state index in [1.54, 1.807) is 64.1 Å². The fourth-order valence-electron chi connectivity index (χ4n) is 2.79. The fourth-order valence-corrected chi connectivity index (χ4v) is 3.05. The first-order chi connectivity index (χ1) is 14.0. The summed E-state index contributed by atoms with van der Waals surface area (Å²) in [6.45, 7) is 6.72. The Balaban J connectivity index is 2.52. The normalized spacial score (nSPS) is 11.0. The van der Waals surface area contributed by atoms with Gasteiger partial charge in [-0.05, 0) is 76.2 Å². The maximum absolute atomic E-state index is 13.4. The summed E-state index contributed by atoms with van der Waals surface area (Å²) in [6.07, 6.45) is 0. The highest BCUT2D eigenvalue weighted by Crippen LogP contribution is 2.24. The topological polar surface area (TPSA) is 66.9 Å². The van der Waals surface area contributed by atoms with Crippen molar-refractivity contribution in [3.05, 3.63) is 69.7 Å². The third-order valence-electron chi connectivity index (χ3n) is 4.07. The van der Waals surface area contributed by atoms with Crippen LogP contribution in [0.5, 0.6) is 0 Å². The van der Waals surface area contributed by atoms with E-state index in [4.69, 9.17) is 27.9 Å². The van der Waals surface area contributed by atoms with Crippen molar-refractivity contribution in [1.29, 1.82) is 0 Å². The van der Waals surface area contributed by atoms with E-state index in [1.165, 1.54) is 17.1 Å². The molecule has 160 valence electrons. The predicted octanol–water partition coefficient (Wildman–Crippen LogP) is 4.85. The van der Waals surface area contributed by atoms with Crippen LogP contribution in [0, 0.1) is 0 Å². The van der Waals surface area contributed by atoms with Gasteiger partial charge in [0.05, 0.1) is 12.1 Å². The second-order valence-electron chi connectivity index (χ2n) is 7.47. The van der Waals surface area contributed by atoms with Crippen LogP contribution in [0.4, 0.5) is 0 Å². The summed E-state index contributed by atoms with van der Waals surface area (Å²) < 4.78 is 5.03. The van der Waals surface area contributed by atoms with Crippen LogP contribution >= 0.6 is 23.2 Å². The molecule has 2 rings (SSSR count). The number of hydrogen-bond donors (Lipinski definition) is 0. The van der Waals surface area contributed by atoms with Crippen LogP contribution in [0.15, 0.2) is 48.5 Å². The summed E-state index contributed by atoms with van der Waals surface area (Å²) in [5.74, 6) is -1.61. The Labute approximate surface area is 186 Å². The van der Waals surface area contributed by atoms with Gasteiger partial charge < -0.3 is 4.74 Å². The van der Waals surface area contributed by atoms with Gasteiger partial charge >= 0.3 is 5.97 Å². The summed E-state index contributed by atoms with van der Waals surface area (Å²) in [6, 6.07) is 12.5. The van der Waals surface area contributed by atoms with Crippen molar-refractivity contribution >= 4 is 41.0 Å². The average molecular weight is 451 g/mol. The lowest BCUT2D eigenvalue weighted by molar-refractivity contribution is -0.148. The van der Waals surface area contributed by atoms with Crippen molar-refractivity contribution in [3.8, 4) is 0 Å². The lowest BCUT2D eigenvalue weighted by Gasteiger charge is -2.43. The zero-order valence-electron chi connectivity index (χ0n) is 17.3. The molecule has 0 saturated heterocycles. The number of benzene rings is 2. The van der Waals surface area contributed by atoms with E-state index in [1.807, 2.05) is 0 Å². The molecular formula is C22H24Cl2N2O4. The average Bonchev–Trinajstić information content (AvgIpc) is 2.67. The molecule has 2 aromatic rings. The highest BCUT2D eigenvalue weighted by Gasteiger charge is 2.37. The molecule has 0 aromatic heterocycles. The summed E-state index contributed by atoms with van der Waals surface area (Å²) >= 11 is 11.9. The van der Waals surface area contributed by atoms with Crippen LogP contribution in [0.25, 0.3) is 0 Å². The van der Waals surface area contributed by atoms with Gasteiger partial charge in [0.15, 0.2) is 0 Å². The van der Waals surface area contributed by atoms with Gasteiger partial charge in [-0.2, -0.15) is 0 Å². The van der Waals surface area contributed by atoms with E-state index >= 15 is 0 Å². The summed E-state index contributed by atoms with van der Waals surface area (Å²) in [4.78, 5) is 39.0. The third kappa shape index (κ3) is 5.97. The SMILES string of the molecule is CCOC(=O)CN(C(=O)c1ccc(Cl)cc1)N(C(=O)c1ccc(Cl)cc1)C(C)(C)C. The summed E-state index contributed by atoms with van der Waals surface area (Å²) in [5.41, 5.74) is -0.223. The molecule has 0 heterocycles. The van der Waals surface area contributed by atoms with Gasteiger partial charge in [0, 0.05) is 21.2 Å². The van der Waals surface area contributed by atoms with Crippen molar-refractivity contribution in [3.63, 3.8) is 0 Å². The van der Waals surface area contributed by atoms with Crippen LogP contribution in [0.3, 0.4) is 0 Å². The minimum absolute atomic E-state index is 0.155. The van der Waals surface area contributed by atoms with Gasteiger partial charge in [-0.1, -0.05) is 23.2 Å². The highest BCUT2D eigenvalue weighted by molar-refractivity contribution is 6.31. The zero-order valence-corrected chi connectivity index (χ0v) is 18.8. The number of amides is 2. The van der Waals surface area contributed by atoms with Gasteiger partial charge in [0.1, 0.15) is 6.54 Å². The summed E-state index contributed by atoms with van der Waals surface area (Å²) in [7, 11) is 0. The second-order valence-corrected chi connectivity index (χ2v) is 8.34. The Morgan fingerprint density at radius 2 is 1.27 bits per heavy atom. The minimum atomic E-state index is -0.828. The largest absolute Gasteiger partial charge is 0.465 e. The molecular weight excluding hydrogens is 427 g/mol. The van der Waals surface area contributed by atoms with Crippen LogP contribution in [0.1, 0.15) is 48.4 Å². The number of carbonyl (C=O) groups is 3. The van der Waals surface area contributed by atoms with Gasteiger partial charge in [-0.25, -0.2) is 10.0 Å². The van der Waals surface area contributed by atoms with E-state index in [9.17, 15) is 14.4 Å². The molecule has 0 bridgehead atoms. The van der Waals surface area contributed by atoms with Crippen molar-refractivity contribution in [2.75, 3.05) is 13.2 Å². The molecule has 2 aromatic carbocycles. The molecule has 0 aliphatic rings. The van der Waals surface area contributed by atoms with Crippen molar-refractivity contribution < 1.29 is 19.1 Å². The molecule has 0 aliphatic carbocycles. The number of hydrogen-bond acceptors (Lipinski definition) is 4. The Morgan fingerprint density at radius 1 is 0.833 bits per heavy atom. The smallest absolute Gasteiger partial charge is 0.327 e. The Morgan fingerprint density at radius 3 is 1.67 bits per heavy atom. The molecule has 30 heavy (non-hydrogen) atoms. The summed E-state index contributed by atoms with van der Waals surface area (Å²) in [5, 5.41) is 3.32. The Bertz CT molecular complexity index is 906. The second kappa shape index (κ2) is 9.96. The molecule has 0 aliphatic heterocycles. The maximum Gasteiger partial charge on any atom is 0.327 e. The van der Waals surface area contributed by atoms with Crippen molar-refractivity contribution in [1.82, 2.24) is 10.0 Å². The Kier molecular flexibility index (Phi) is 7.87. The van der Waals surface area contributed by atoms with Crippen LogP contribution in [0.2, 0.25) is 10.0 Å². The number of esters is 1. The molecule has 0 unspecified atom stereocenters. The first-order valence-electron chi connectivity index (χ1n) is 9.37. The van der Waals surface area contributed by atoms with Gasteiger partial charge in [-0.3, -0.25) is 14.4 Å². The monoisotopic (exact) mass is 450 g/mol. The van der Waals surface area contributed by atoms with Crippen LogP contribution < -0.4 is 0 Å². The van der Waals surface area contributed by atoms with Gasteiger partial charge in [-0.15, -0.1) is 0 Å². The van der Waals surface area contributed by atoms with Crippen molar-refractivity contribution in [2.45, 2.75) is 33.2 Å². The molecule has 0 radical (unpaired) electrons. The molecule has 2 amide bonds. The third-order valence-corrected chi connectivity index (χ3v) is 4.57. The molecule has 0 spiro atoms. The quantitative estimate of drug-likeness (QED) is 0.481. The number of rotatable bonds is 5. The molecule has 0 fully saturated rings. The number of ether oxygens (including phenoxy) is 1. The van der Waals surface area contributed by atoms with E-state index in [2.05, 4.69) is 0 Å². The van der Waals surface area contributed by atoms with Gasteiger partial charge in [0.25, 0.3) is 11.8 Å². The minimum Gasteiger partial charge on any atom is -0.465 e. The number of hydrazine groups is 1. The van der Waals surface area contributed by atoms with E-state index in [0.717, 1.165) is 5.01 Å². The standard InChI is InChI=1S/C22H24Cl2N2O4/c1-5-30-19(27)14-25(20(28)15-6-10-17(23)11-7-15)26(22(2,3)4)21(29)16-8-12-18(24)13-9-16/h6-13H,5,14H2,1-4H3.